The van der Waals surface area contributed by atoms with E-state index in [1.54, 1.807) is 0 Å². The third-order valence-electron chi connectivity index (χ3n) is 2.49. The van der Waals surface area contributed by atoms with Gasteiger partial charge in [-0.3, -0.25) is 0 Å². The third kappa shape index (κ3) is 2.17. The van der Waals surface area contributed by atoms with E-state index in [-0.39, 0.29) is 6.04 Å². The third-order valence-corrected chi connectivity index (χ3v) is 2.49. The predicted molar refractivity (Wildman–Crippen MR) is 46.4 cm³/mol. The summed E-state index contributed by atoms with van der Waals surface area (Å²) in [4.78, 5) is 0. The molecule has 0 saturated carbocycles. The zero-order valence-electron chi connectivity index (χ0n) is 7.55. The van der Waals surface area contributed by atoms with Crippen molar-refractivity contribution in [3.05, 3.63) is 0 Å². The van der Waals surface area contributed by atoms with Gasteiger partial charge in [-0.25, -0.2) is 0 Å². The van der Waals surface area contributed by atoms with Crippen LogP contribution in [0.5, 0.6) is 0 Å². The lowest BCUT2D eigenvalue weighted by Gasteiger charge is -2.21. The molecule has 3 atom stereocenters. The molecule has 0 bridgehead atoms. The summed E-state index contributed by atoms with van der Waals surface area (Å²) < 4.78 is 5.55. The van der Waals surface area contributed by atoms with E-state index in [1.807, 2.05) is 0 Å². The molecule has 66 valence electrons. The van der Waals surface area contributed by atoms with Crippen LogP contribution in [-0.2, 0) is 4.74 Å². The van der Waals surface area contributed by atoms with E-state index in [0.717, 1.165) is 13.0 Å². The highest BCUT2D eigenvalue weighted by molar-refractivity contribution is 4.82. The summed E-state index contributed by atoms with van der Waals surface area (Å²) in [7, 11) is 0. The normalized spacial score (nSPS) is 34.1. The molecule has 1 aliphatic heterocycles. The summed E-state index contributed by atoms with van der Waals surface area (Å²) in [5.74, 6) is 0.637. The molecule has 3 unspecified atom stereocenters. The highest BCUT2D eigenvalue weighted by Crippen LogP contribution is 2.22. The van der Waals surface area contributed by atoms with Crippen LogP contribution in [0.1, 0.15) is 33.1 Å². The van der Waals surface area contributed by atoms with Gasteiger partial charge in [0.25, 0.3) is 0 Å². The summed E-state index contributed by atoms with van der Waals surface area (Å²) in [6.45, 7) is 5.30. The Hall–Kier alpha value is -0.0800. The molecule has 0 aromatic heterocycles. The van der Waals surface area contributed by atoms with Crippen molar-refractivity contribution in [1.82, 2.24) is 0 Å². The van der Waals surface area contributed by atoms with Gasteiger partial charge in [-0.05, 0) is 18.8 Å². The highest BCUT2D eigenvalue weighted by atomic mass is 16.5. The highest BCUT2D eigenvalue weighted by Gasteiger charge is 2.28. The second-order valence-corrected chi connectivity index (χ2v) is 3.55. The van der Waals surface area contributed by atoms with Gasteiger partial charge in [0.1, 0.15) is 0 Å². The van der Waals surface area contributed by atoms with Crippen LogP contribution in [0.4, 0.5) is 0 Å². The lowest BCUT2D eigenvalue weighted by Crippen LogP contribution is -2.35. The van der Waals surface area contributed by atoms with Crippen molar-refractivity contribution in [3.8, 4) is 0 Å². The van der Waals surface area contributed by atoms with Crippen LogP contribution in [0.15, 0.2) is 0 Å². The SMILES string of the molecule is CCCC(C)C1OCCC1N. The van der Waals surface area contributed by atoms with E-state index in [9.17, 15) is 0 Å². The molecule has 2 N–H and O–H groups in total. The zero-order chi connectivity index (χ0) is 8.27. The van der Waals surface area contributed by atoms with Gasteiger partial charge in [0.2, 0.25) is 0 Å². The molecule has 0 amide bonds. The second-order valence-electron chi connectivity index (χ2n) is 3.55. The Bertz CT molecular complexity index is 116. The van der Waals surface area contributed by atoms with Gasteiger partial charge < -0.3 is 10.5 Å². The van der Waals surface area contributed by atoms with Crippen molar-refractivity contribution in [2.24, 2.45) is 11.7 Å². The Morgan fingerprint density at radius 2 is 2.36 bits per heavy atom. The van der Waals surface area contributed by atoms with Gasteiger partial charge in [0.15, 0.2) is 0 Å². The van der Waals surface area contributed by atoms with Gasteiger partial charge in [-0.1, -0.05) is 20.3 Å². The smallest absolute Gasteiger partial charge is 0.0752 e. The topological polar surface area (TPSA) is 35.2 Å². The fraction of sp³-hybridized carbons (Fsp3) is 1.00. The number of ether oxygens (including phenoxy) is 1. The minimum Gasteiger partial charge on any atom is -0.376 e. The molecular weight excluding hydrogens is 138 g/mol. The molecular formula is C9H19NO. The Balaban J connectivity index is 2.33. The Labute approximate surface area is 69.1 Å². The summed E-state index contributed by atoms with van der Waals surface area (Å²) in [5.41, 5.74) is 5.89. The van der Waals surface area contributed by atoms with Crippen LogP contribution in [-0.4, -0.2) is 18.8 Å². The molecule has 0 aromatic rings. The van der Waals surface area contributed by atoms with Crippen LogP contribution < -0.4 is 5.73 Å². The molecule has 1 fully saturated rings. The summed E-state index contributed by atoms with van der Waals surface area (Å²) >= 11 is 0. The summed E-state index contributed by atoms with van der Waals surface area (Å²) in [5, 5.41) is 0. The Morgan fingerprint density at radius 1 is 1.64 bits per heavy atom. The number of nitrogens with two attached hydrogens (primary N) is 1. The first-order chi connectivity index (χ1) is 5.25. The van der Waals surface area contributed by atoms with Gasteiger partial charge in [-0.2, -0.15) is 0 Å². The van der Waals surface area contributed by atoms with Crippen molar-refractivity contribution in [1.29, 1.82) is 0 Å². The second kappa shape index (κ2) is 4.07. The molecule has 0 aromatic carbocycles. The molecule has 1 aliphatic rings. The molecule has 0 aliphatic carbocycles. The summed E-state index contributed by atoms with van der Waals surface area (Å²) in [6, 6.07) is 0.288. The van der Waals surface area contributed by atoms with E-state index < -0.39 is 0 Å². The molecule has 0 spiro atoms. The molecule has 0 radical (unpaired) electrons. The maximum Gasteiger partial charge on any atom is 0.0752 e. The number of hydrogen-bond donors (Lipinski definition) is 1. The van der Waals surface area contributed by atoms with Crippen molar-refractivity contribution in [2.45, 2.75) is 45.3 Å². The molecule has 1 saturated heterocycles. The van der Waals surface area contributed by atoms with Crippen molar-refractivity contribution < 1.29 is 4.74 Å². The van der Waals surface area contributed by atoms with Crippen molar-refractivity contribution >= 4 is 0 Å². The summed E-state index contributed by atoms with van der Waals surface area (Å²) in [6.07, 6.45) is 3.83. The first-order valence-electron chi connectivity index (χ1n) is 4.63. The number of hydrogen-bond acceptors (Lipinski definition) is 2. The molecule has 11 heavy (non-hydrogen) atoms. The van der Waals surface area contributed by atoms with Crippen LogP contribution in [0.3, 0.4) is 0 Å². The maximum atomic E-state index is 5.89. The van der Waals surface area contributed by atoms with E-state index in [4.69, 9.17) is 10.5 Å². The lowest BCUT2D eigenvalue weighted by molar-refractivity contribution is 0.0590. The standard InChI is InChI=1S/C9H19NO/c1-3-4-7(2)9-8(10)5-6-11-9/h7-9H,3-6,10H2,1-2H3. The predicted octanol–water partition coefficient (Wildman–Crippen LogP) is 1.54. The molecule has 1 heterocycles. The minimum absolute atomic E-state index is 0.288. The average molecular weight is 157 g/mol. The van der Waals surface area contributed by atoms with Crippen molar-refractivity contribution in [3.63, 3.8) is 0 Å². The van der Waals surface area contributed by atoms with Gasteiger partial charge in [0, 0.05) is 12.6 Å². The van der Waals surface area contributed by atoms with Gasteiger partial charge in [-0.15, -0.1) is 0 Å². The van der Waals surface area contributed by atoms with Gasteiger partial charge >= 0.3 is 0 Å². The van der Waals surface area contributed by atoms with E-state index in [1.165, 1.54) is 12.8 Å². The first-order valence-corrected chi connectivity index (χ1v) is 4.63. The van der Waals surface area contributed by atoms with E-state index >= 15 is 0 Å². The van der Waals surface area contributed by atoms with E-state index in [2.05, 4.69) is 13.8 Å². The lowest BCUT2D eigenvalue weighted by atomic mass is 9.94. The largest absolute Gasteiger partial charge is 0.376 e. The van der Waals surface area contributed by atoms with Crippen molar-refractivity contribution in [2.75, 3.05) is 6.61 Å². The Morgan fingerprint density at radius 3 is 2.82 bits per heavy atom. The fourth-order valence-electron chi connectivity index (χ4n) is 1.83. The van der Waals surface area contributed by atoms with Crippen LogP contribution in [0.2, 0.25) is 0 Å². The van der Waals surface area contributed by atoms with Crippen LogP contribution in [0, 0.1) is 5.92 Å². The molecule has 1 rings (SSSR count). The average Bonchev–Trinajstić information content (AvgIpc) is 2.36. The molecule has 2 nitrogen and oxygen atoms in total. The number of rotatable bonds is 3. The van der Waals surface area contributed by atoms with Crippen LogP contribution in [0.25, 0.3) is 0 Å². The minimum atomic E-state index is 0.288. The quantitative estimate of drug-likeness (QED) is 0.674. The van der Waals surface area contributed by atoms with E-state index in [0.29, 0.717) is 12.0 Å². The van der Waals surface area contributed by atoms with Crippen LogP contribution >= 0.6 is 0 Å². The zero-order valence-corrected chi connectivity index (χ0v) is 7.55. The molecule has 2 heteroatoms. The van der Waals surface area contributed by atoms with Gasteiger partial charge in [0.05, 0.1) is 6.10 Å². The maximum absolute atomic E-state index is 5.89. The monoisotopic (exact) mass is 157 g/mol. The fourth-order valence-corrected chi connectivity index (χ4v) is 1.83. The Kier molecular flexibility index (Phi) is 3.34. The first kappa shape index (κ1) is 9.01.